The molecule has 0 fully saturated rings. The van der Waals surface area contributed by atoms with Crippen LogP contribution in [0.25, 0.3) is 0 Å². The smallest absolute Gasteiger partial charge is 0.176 e. The summed E-state index contributed by atoms with van der Waals surface area (Å²) in [7, 11) is 0.373. The molecule has 0 aliphatic heterocycles. The lowest BCUT2D eigenvalue weighted by molar-refractivity contribution is 0.401. The Morgan fingerprint density at radius 2 is 1.78 bits per heavy atom. The number of hydrogen-bond acceptors (Lipinski definition) is 2. The monoisotopic (exact) mass is 145 g/mol. The number of nitrogens with zero attached hydrogens (tertiary/aromatic N) is 1. The van der Waals surface area contributed by atoms with Gasteiger partial charge in [0.2, 0.25) is 0 Å². The van der Waals surface area contributed by atoms with Gasteiger partial charge >= 0.3 is 0 Å². The molecule has 0 aromatic heterocycles. The van der Waals surface area contributed by atoms with Gasteiger partial charge in [-0.2, -0.15) is 0 Å². The molecule has 0 aliphatic carbocycles. The molecule has 0 radical (unpaired) electrons. The van der Waals surface area contributed by atoms with Crippen molar-refractivity contribution < 1.29 is 4.74 Å². The molecule has 0 aliphatic rings. The Morgan fingerprint density at radius 1 is 1.33 bits per heavy atom. The molecule has 0 bridgehead atoms. The zero-order chi connectivity index (χ0) is 7.49. The molecule has 0 aromatic carbocycles. The van der Waals surface area contributed by atoms with E-state index in [9.17, 15) is 0 Å². The first-order valence-electron chi connectivity index (χ1n) is 3.06. The second-order valence-corrected chi connectivity index (χ2v) is 7.57. The van der Waals surface area contributed by atoms with Crippen molar-refractivity contribution in [2.45, 2.75) is 26.6 Å². The van der Waals surface area contributed by atoms with Gasteiger partial charge in [-0.25, -0.2) is 0 Å². The Labute approximate surface area is 58.0 Å². The number of rotatable bonds is 1. The van der Waals surface area contributed by atoms with Crippen molar-refractivity contribution in [1.29, 1.82) is 0 Å². The average molecular weight is 145 g/mol. The average Bonchev–Trinajstić information content (AvgIpc) is 1.62. The van der Waals surface area contributed by atoms with E-state index in [4.69, 9.17) is 4.74 Å². The van der Waals surface area contributed by atoms with Crippen LogP contribution in [0.5, 0.6) is 0 Å². The third kappa shape index (κ3) is 5.56. The first kappa shape index (κ1) is 8.69. The maximum atomic E-state index is 4.91. The van der Waals surface area contributed by atoms with Gasteiger partial charge in [-0.1, -0.05) is 0 Å². The van der Waals surface area contributed by atoms with E-state index in [0.29, 0.717) is 0 Å². The molecule has 0 spiro atoms. The van der Waals surface area contributed by atoms with E-state index in [1.54, 1.807) is 7.11 Å². The Balaban J connectivity index is 3.95. The Hall–Kier alpha value is -0.313. The predicted molar refractivity (Wildman–Crippen MR) is 43.5 cm³/mol. The largest absolute Gasteiger partial charge is 0.485 e. The summed E-state index contributed by atoms with van der Waals surface area (Å²) in [5.41, 5.74) is 0. The lowest BCUT2D eigenvalue weighted by Crippen LogP contribution is -2.19. The zero-order valence-electron chi connectivity index (χ0n) is 6.86. The highest BCUT2D eigenvalue weighted by atomic mass is 28.3. The second kappa shape index (κ2) is 3.01. The van der Waals surface area contributed by atoms with Crippen LogP contribution in [0.3, 0.4) is 0 Å². The van der Waals surface area contributed by atoms with Crippen LogP contribution in [0.2, 0.25) is 19.6 Å². The van der Waals surface area contributed by atoms with Gasteiger partial charge < -0.3 is 4.74 Å². The molecule has 0 atom stereocenters. The molecule has 0 saturated carbocycles. The fourth-order valence-electron chi connectivity index (χ4n) is 0.518. The molecule has 3 heteroatoms. The molecule has 2 nitrogen and oxygen atoms in total. The lowest BCUT2D eigenvalue weighted by Gasteiger charge is -2.09. The van der Waals surface area contributed by atoms with Crippen LogP contribution in [0.1, 0.15) is 6.92 Å². The minimum Gasteiger partial charge on any atom is -0.485 e. The minimum absolute atomic E-state index is 0.800. The van der Waals surface area contributed by atoms with Crippen molar-refractivity contribution in [2.24, 2.45) is 4.66 Å². The van der Waals surface area contributed by atoms with E-state index in [1.165, 1.54) is 0 Å². The van der Waals surface area contributed by atoms with Crippen LogP contribution in [0.15, 0.2) is 4.66 Å². The van der Waals surface area contributed by atoms with Gasteiger partial charge in [0.1, 0.15) is 0 Å². The molecular formula is C6H15NOSi. The summed E-state index contributed by atoms with van der Waals surface area (Å²) in [4.78, 5) is 0. The van der Waals surface area contributed by atoms with Crippen LogP contribution in [0, 0.1) is 0 Å². The molecule has 0 unspecified atom stereocenters. The molecule has 0 amide bonds. The Morgan fingerprint density at radius 3 is 1.89 bits per heavy atom. The Kier molecular flexibility index (Phi) is 2.90. The van der Waals surface area contributed by atoms with Crippen LogP contribution in [0.4, 0.5) is 0 Å². The normalized spacial score (nSPS) is 13.7. The lowest BCUT2D eigenvalue weighted by atomic mass is 10.8. The molecular weight excluding hydrogens is 130 g/mol. The van der Waals surface area contributed by atoms with Crippen LogP contribution in [-0.4, -0.2) is 21.2 Å². The fraction of sp³-hybridized carbons (Fsp3) is 0.833. The van der Waals surface area contributed by atoms with E-state index >= 15 is 0 Å². The topological polar surface area (TPSA) is 21.6 Å². The highest BCUT2D eigenvalue weighted by Gasteiger charge is 2.10. The van der Waals surface area contributed by atoms with Crippen molar-refractivity contribution in [3.05, 3.63) is 0 Å². The number of methoxy groups -OCH3 is 1. The van der Waals surface area contributed by atoms with Gasteiger partial charge in [-0.3, -0.25) is 4.66 Å². The van der Waals surface area contributed by atoms with E-state index in [2.05, 4.69) is 24.3 Å². The van der Waals surface area contributed by atoms with E-state index in [1.807, 2.05) is 6.92 Å². The summed E-state index contributed by atoms with van der Waals surface area (Å²) < 4.78 is 9.27. The van der Waals surface area contributed by atoms with Crippen molar-refractivity contribution in [3.8, 4) is 0 Å². The van der Waals surface area contributed by atoms with E-state index in [0.717, 1.165) is 5.90 Å². The maximum absolute atomic E-state index is 4.91. The summed E-state index contributed by atoms with van der Waals surface area (Å²) in [6.07, 6.45) is 0. The SMILES string of the molecule is COC(C)=N[Si](C)(C)C. The molecule has 0 aromatic rings. The van der Waals surface area contributed by atoms with Gasteiger partial charge in [0.15, 0.2) is 14.1 Å². The quantitative estimate of drug-likeness (QED) is 0.314. The summed E-state index contributed by atoms with van der Waals surface area (Å²) in [6.45, 7) is 8.42. The van der Waals surface area contributed by atoms with Gasteiger partial charge in [-0.05, 0) is 19.6 Å². The second-order valence-electron chi connectivity index (χ2n) is 3.01. The first-order chi connectivity index (χ1) is 3.95. The van der Waals surface area contributed by atoms with Crippen LogP contribution < -0.4 is 0 Å². The van der Waals surface area contributed by atoms with Gasteiger partial charge in [-0.15, -0.1) is 0 Å². The van der Waals surface area contributed by atoms with Crippen molar-refractivity contribution >= 4 is 14.1 Å². The first-order valence-corrected chi connectivity index (χ1v) is 6.51. The molecule has 9 heavy (non-hydrogen) atoms. The van der Waals surface area contributed by atoms with Crippen molar-refractivity contribution in [2.75, 3.05) is 7.11 Å². The third-order valence-corrected chi connectivity index (χ3v) is 1.77. The molecule has 0 heterocycles. The third-order valence-electron chi connectivity index (χ3n) is 0.788. The summed E-state index contributed by atoms with van der Waals surface area (Å²) in [5.74, 6) is 0.800. The van der Waals surface area contributed by atoms with E-state index in [-0.39, 0.29) is 0 Å². The number of ether oxygens (including phenoxy) is 1. The van der Waals surface area contributed by atoms with E-state index < -0.39 is 8.24 Å². The zero-order valence-corrected chi connectivity index (χ0v) is 7.86. The Bertz CT molecular complexity index is 115. The minimum atomic E-state index is -1.28. The van der Waals surface area contributed by atoms with Gasteiger partial charge in [0, 0.05) is 6.92 Å². The standard InChI is InChI=1S/C6H15NOSi/c1-6(8-2)7-9(3,4)5/h1-5H3. The highest BCUT2D eigenvalue weighted by molar-refractivity contribution is 6.75. The fourth-order valence-corrected chi connectivity index (χ4v) is 1.55. The highest BCUT2D eigenvalue weighted by Crippen LogP contribution is 2.01. The molecule has 0 N–H and O–H groups in total. The van der Waals surface area contributed by atoms with Gasteiger partial charge in [0.05, 0.1) is 7.11 Å². The summed E-state index contributed by atoms with van der Waals surface area (Å²) in [5, 5.41) is 0. The predicted octanol–water partition coefficient (Wildman–Crippen LogP) is 1.89. The summed E-state index contributed by atoms with van der Waals surface area (Å²) in [6, 6.07) is 0. The molecule has 0 saturated heterocycles. The molecule has 54 valence electrons. The van der Waals surface area contributed by atoms with Crippen molar-refractivity contribution in [3.63, 3.8) is 0 Å². The van der Waals surface area contributed by atoms with Gasteiger partial charge in [0.25, 0.3) is 0 Å². The van der Waals surface area contributed by atoms with Crippen LogP contribution in [-0.2, 0) is 4.74 Å². The summed E-state index contributed by atoms with van der Waals surface area (Å²) >= 11 is 0. The number of hydrogen-bond donors (Lipinski definition) is 0. The van der Waals surface area contributed by atoms with Crippen LogP contribution >= 0.6 is 0 Å². The van der Waals surface area contributed by atoms with Crippen molar-refractivity contribution in [1.82, 2.24) is 0 Å². The molecule has 0 rings (SSSR count). The maximum Gasteiger partial charge on any atom is 0.176 e.